The summed E-state index contributed by atoms with van der Waals surface area (Å²) in [5, 5.41) is 4.64. The van der Waals surface area contributed by atoms with E-state index < -0.39 is 0 Å². The van der Waals surface area contributed by atoms with E-state index in [4.69, 9.17) is 4.42 Å². The lowest BCUT2D eigenvalue weighted by molar-refractivity contribution is -0.118. The molecule has 0 radical (unpaired) electrons. The van der Waals surface area contributed by atoms with Gasteiger partial charge in [0, 0.05) is 0 Å². The fraction of sp³-hybridized carbons (Fsp3) is 0.118. The van der Waals surface area contributed by atoms with Crippen LogP contribution in [0.4, 0.5) is 0 Å². The number of allylic oxidation sites excluding steroid dienone is 1. The van der Waals surface area contributed by atoms with Crippen LogP contribution in [-0.4, -0.2) is 27.8 Å². The Morgan fingerprint density at radius 1 is 1.38 bits per heavy atom. The van der Waals surface area contributed by atoms with Crippen LogP contribution in [0.2, 0.25) is 0 Å². The summed E-state index contributed by atoms with van der Waals surface area (Å²) in [7, 11) is 0. The van der Waals surface area contributed by atoms with Crippen LogP contribution in [0, 0.1) is 0 Å². The van der Waals surface area contributed by atoms with Gasteiger partial charge >= 0.3 is 0 Å². The van der Waals surface area contributed by atoms with Gasteiger partial charge in [-0.25, -0.2) is 10.4 Å². The SMILES string of the molecule is CC(=Cc1ccco1)/C=N\NC(=O)CSc1nc2ccccc2[nH]1. The summed E-state index contributed by atoms with van der Waals surface area (Å²) < 4.78 is 5.20. The first-order valence-electron chi connectivity index (χ1n) is 7.32. The number of aromatic nitrogens is 2. The minimum absolute atomic E-state index is 0.192. The van der Waals surface area contributed by atoms with Crippen LogP contribution in [0.5, 0.6) is 0 Å². The number of para-hydroxylation sites is 2. The lowest BCUT2D eigenvalue weighted by atomic mass is 10.3. The summed E-state index contributed by atoms with van der Waals surface area (Å²) in [6.07, 6.45) is 5.01. The highest BCUT2D eigenvalue weighted by atomic mass is 32.2. The first-order chi connectivity index (χ1) is 11.7. The number of carbonyl (C=O) groups excluding carboxylic acids is 1. The second kappa shape index (κ2) is 7.65. The topological polar surface area (TPSA) is 83.3 Å². The third-order valence-electron chi connectivity index (χ3n) is 3.08. The summed E-state index contributed by atoms with van der Waals surface area (Å²) in [6.45, 7) is 1.88. The van der Waals surface area contributed by atoms with Gasteiger partial charge in [0.2, 0.25) is 0 Å². The zero-order valence-corrected chi connectivity index (χ0v) is 13.8. The molecule has 122 valence electrons. The minimum Gasteiger partial charge on any atom is -0.465 e. The highest BCUT2D eigenvalue weighted by molar-refractivity contribution is 7.99. The molecule has 2 aromatic heterocycles. The number of aromatic amines is 1. The van der Waals surface area contributed by atoms with Crippen molar-refractivity contribution >= 4 is 41.0 Å². The average Bonchev–Trinajstić information content (AvgIpc) is 3.21. The van der Waals surface area contributed by atoms with Crippen LogP contribution >= 0.6 is 11.8 Å². The van der Waals surface area contributed by atoms with Crippen LogP contribution in [0.15, 0.2) is 62.9 Å². The van der Waals surface area contributed by atoms with E-state index in [1.807, 2.05) is 49.4 Å². The number of nitrogens with zero attached hydrogens (tertiary/aromatic N) is 2. The van der Waals surface area contributed by atoms with Crippen molar-refractivity contribution in [3.8, 4) is 0 Å². The van der Waals surface area contributed by atoms with Gasteiger partial charge in [0.1, 0.15) is 5.76 Å². The maximum Gasteiger partial charge on any atom is 0.250 e. The Bertz CT molecular complexity index is 848. The molecule has 0 aliphatic rings. The van der Waals surface area contributed by atoms with E-state index in [1.165, 1.54) is 11.8 Å². The standard InChI is InChI=1S/C17H16N4O2S/c1-12(9-13-5-4-8-23-13)10-18-21-16(22)11-24-17-19-14-6-2-3-7-15(14)20-17/h2-10H,11H2,1H3,(H,19,20)(H,21,22)/b12-9?,18-10-. The van der Waals surface area contributed by atoms with Crippen molar-refractivity contribution in [2.75, 3.05) is 5.75 Å². The molecule has 0 saturated carbocycles. The third-order valence-corrected chi connectivity index (χ3v) is 3.95. The molecule has 0 unspecified atom stereocenters. The van der Waals surface area contributed by atoms with E-state index in [0.717, 1.165) is 22.4 Å². The molecule has 2 heterocycles. The summed E-state index contributed by atoms with van der Waals surface area (Å²) in [4.78, 5) is 19.4. The number of furan rings is 1. The smallest absolute Gasteiger partial charge is 0.250 e. The first-order valence-corrected chi connectivity index (χ1v) is 8.30. The van der Waals surface area contributed by atoms with Crippen LogP contribution in [0.25, 0.3) is 17.1 Å². The Labute approximate surface area is 143 Å². The zero-order chi connectivity index (χ0) is 16.8. The number of rotatable bonds is 6. The lowest BCUT2D eigenvalue weighted by Gasteiger charge is -1.97. The molecular weight excluding hydrogens is 324 g/mol. The van der Waals surface area contributed by atoms with Crippen molar-refractivity contribution in [2.45, 2.75) is 12.1 Å². The van der Waals surface area contributed by atoms with Crippen molar-refractivity contribution in [3.63, 3.8) is 0 Å². The molecule has 0 bridgehead atoms. The fourth-order valence-electron chi connectivity index (χ4n) is 2.01. The number of nitrogens with one attached hydrogen (secondary N) is 2. The molecule has 2 N–H and O–H groups in total. The van der Waals surface area contributed by atoms with Gasteiger partial charge in [0.05, 0.1) is 29.3 Å². The van der Waals surface area contributed by atoms with E-state index in [-0.39, 0.29) is 11.7 Å². The molecule has 1 aromatic carbocycles. The number of thioether (sulfide) groups is 1. The van der Waals surface area contributed by atoms with Crippen LogP contribution in [0.1, 0.15) is 12.7 Å². The second-order valence-corrected chi connectivity index (χ2v) is 6.01. The molecule has 3 rings (SSSR count). The van der Waals surface area contributed by atoms with E-state index in [9.17, 15) is 4.79 Å². The molecule has 7 heteroatoms. The maximum absolute atomic E-state index is 11.8. The molecule has 1 amide bonds. The number of hydrazone groups is 1. The lowest BCUT2D eigenvalue weighted by Crippen LogP contribution is -2.19. The molecule has 0 spiro atoms. The van der Waals surface area contributed by atoms with Gasteiger partial charge in [-0.15, -0.1) is 0 Å². The number of fused-ring (bicyclic) bond motifs is 1. The molecule has 0 atom stereocenters. The number of hydrogen-bond donors (Lipinski definition) is 2. The summed E-state index contributed by atoms with van der Waals surface area (Å²) in [6, 6.07) is 11.4. The highest BCUT2D eigenvalue weighted by Gasteiger charge is 2.06. The first kappa shape index (κ1) is 16.1. The molecule has 3 aromatic rings. The molecule has 6 nitrogen and oxygen atoms in total. The summed E-state index contributed by atoms with van der Waals surface area (Å²) in [5.41, 5.74) is 5.21. The van der Waals surface area contributed by atoms with E-state index >= 15 is 0 Å². The summed E-state index contributed by atoms with van der Waals surface area (Å²) >= 11 is 1.33. The maximum atomic E-state index is 11.8. The van der Waals surface area contributed by atoms with Crippen LogP contribution in [0.3, 0.4) is 0 Å². The van der Waals surface area contributed by atoms with Crippen molar-refractivity contribution in [1.82, 2.24) is 15.4 Å². The zero-order valence-electron chi connectivity index (χ0n) is 13.0. The minimum atomic E-state index is -0.192. The number of benzene rings is 1. The van der Waals surface area contributed by atoms with Gasteiger partial charge in [0.15, 0.2) is 5.16 Å². The van der Waals surface area contributed by atoms with Gasteiger partial charge < -0.3 is 9.40 Å². The average molecular weight is 340 g/mol. The Hall–Kier alpha value is -2.80. The number of hydrogen-bond acceptors (Lipinski definition) is 5. The predicted octanol–water partition coefficient (Wildman–Crippen LogP) is 3.45. The Morgan fingerprint density at radius 2 is 2.25 bits per heavy atom. The van der Waals surface area contributed by atoms with Crippen molar-refractivity contribution < 1.29 is 9.21 Å². The largest absolute Gasteiger partial charge is 0.465 e. The van der Waals surface area contributed by atoms with Gasteiger partial charge in [-0.3, -0.25) is 4.79 Å². The monoisotopic (exact) mass is 340 g/mol. The number of carbonyl (C=O) groups is 1. The molecule has 0 aliphatic carbocycles. The Balaban J connectivity index is 1.48. The van der Waals surface area contributed by atoms with Gasteiger partial charge in [-0.05, 0) is 42.8 Å². The quantitative estimate of drug-likeness (QED) is 0.409. The highest BCUT2D eigenvalue weighted by Crippen LogP contribution is 2.18. The Morgan fingerprint density at radius 3 is 3.04 bits per heavy atom. The molecule has 0 aliphatic heterocycles. The van der Waals surface area contributed by atoms with Crippen molar-refractivity contribution in [3.05, 3.63) is 54.0 Å². The molecule has 24 heavy (non-hydrogen) atoms. The fourth-order valence-corrected chi connectivity index (χ4v) is 2.68. The van der Waals surface area contributed by atoms with E-state index in [1.54, 1.807) is 12.5 Å². The predicted molar refractivity (Wildman–Crippen MR) is 95.8 cm³/mol. The van der Waals surface area contributed by atoms with E-state index in [0.29, 0.717) is 5.16 Å². The second-order valence-electron chi connectivity index (χ2n) is 5.04. The van der Waals surface area contributed by atoms with Crippen LogP contribution < -0.4 is 5.43 Å². The van der Waals surface area contributed by atoms with E-state index in [2.05, 4.69) is 20.5 Å². The number of H-pyrrole nitrogens is 1. The molecular formula is C17H16N4O2S. The molecule has 0 saturated heterocycles. The number of imidazole rings is 1. The van der Waals surface area contributed by atoms with Crippen molar-refractivity contribution in [1.29, 1.82) is 0 Å². The number of amides is 1. The molecule has 0 fully saturated rings. The van der Waals surface area contributed by atoms with Gasteiger partial charge in [-0.1, -0.05) is 23.9 Å². The summed E-state index contributed by atoms with van der Waals surface area (Å²) in [5.74, 6) is 0.784. The van der Waals surface area contributed by atoms with Gasteiger partial charge in [0.25, 0.3) is 5.91 Å². The Kier molecular flexibility index (Phi) is 5.12. The van der Waals surface area contributed by atoms with Crippen molar-refractivity contribution in [2.24, 2.45) is 5.10 Å². The normalized spacial score (nSPS) is 12.1. The van der Waals surface area contributed by atoms with Crippen LogP contribution in [-0.2, 0) is 4.79 Å². The third kappa shape index (κ3) is 4.36. The van der Waals surface area contributed by atoms with Gasteiger partial charge in [-0.2, -0.15) is 5.10 Å².